The molecule has 0 spiro atoms. The highest BCUT2D eigenvalue weighted by Crippen LogP contribution is 2.35. The maximum Gasteiger partial charge on any atom is 0.120 e. The van der Waals surface area contributed by atoms with E-state index in [-0.39, 0.29) is 0 Å². The summed E-state index contributed by atoms with van der Waals surface area (Å²) in [5.74, 6) is 0.869. The molecule has 0 aliphatic carbocycles. The number of hydrogen-bond acceptors (Lipinski definition) is 3. The van der Waals surface area contributed by atoms with Gasteiger partial charge in [-0.05, 0) is 34.7 Å². The quantitative estimate of drug-likeness (QED) is 0.621. The Morgan fingerprint density at radius 3 is 2.92 bits per heavy atom. The molecule has 0 aliphatic rings. The van der Waals surface area contributed by atoms with E-state index in [0.717, 1.165) is 10.6 Å². The summed E-state index contributed by atoms with van der Waals surface area (Å²) in [6, 6.07) is 3.99. The number of rotatable bonds is 1. The highest BCUT2D eigenvalue weighted by molar-refractivity contribution is 14.1. The van der Waals surface area contributed by atoms with Crippen LogP contribution in [0, 0.1) is 3.57 Å². The van der Waals surface area contributed by atoms with Gasteiger partial charge in [-0.3, -0.25) is 0 Å². The number of methoxy groups -OCH3 is 1. The third kappa shape index (κ3) is 1.67. The summed E-state index contributed by atoms with van der Waals surface area (Å²) in [5.41, 5.74) is 0. The Hall–Kier alpha value is 0.0600. The van der Waals surface area contributed by atoms with Gasteiger partial charge < -0.3 is 4.74 Å². The molecule has 0 unspecified atom stereocenters. The highest BCUT2D eigenvalue weighted by atomic mass is 127. The molecule has 1 heterocycles. The summed E-state index contributed by atoms with van der Waals surface area (Å²) < 4.78 is 7.67. The lowest BCUT2D eigenvalue weighted by Crippen LogP contribution is -1.82. The van der Waals surface area contributed by atoms with Crippen molar-refractivity contribution in [2.75, 3.05) is 7.11 Å². The van der Waals surface area contributed by atoms with Crippen molar-refractivity contribution in [1.29, 1.82) is 0 Å². The van der Waals surface area contributed by atoms with Crippen LogP contribution in [0.3, 0.4) is 0 Å². The number of hydrogen-bond donors (Lipinski definition) is 1. The molecule has 1 nitrogen and oxygen atoms in total. The fraction of sp³-hybridized carbons (Fsp3) is 0.111. The zero-order chi connectivity index (χ0) is 9.42. The van der Waals surface area contributed by atoms with E-state index >= 15 is 0 Å². The van der Waals surface area contributed by atoms with Crippen molar-refractivity contribution in [2.24, 2.45) is 0 Å². The van der Waals surface area contributed by atoms with Gasteiger partial charge in [0.25, 0.3) is 0 Å². The largest absolute Gasteiger partial charge is 0.497 e. The second-order valence-electron chi connectivity index (χ2n) is 2.61. The Morgan fingerprint density at radius 1 is 1.46 bits per heavy atom. The average molecular weight is 322 g/mol. The molecule has 4 heteroatoms. The second kappa shape index (κ2) is 3.67. The van der Waals surface area contributed by atoms with Crippen LogP contribution in [-0.2, 0) is 0 Å². The van der Waals surface area contributed by atoms with Crippen LogP contribution in [0.5, 0.6) is 5.75 Å². The maximum atomic E-state index is 5.18. The zero-order valence-corrected chi connectivity index (χ0v) is 10.7. The molecule has 13 heavy (non-hydrogen) atoms. The van der Waals surface area contributed by atoms with Crippen LogP contribution in [0.15, 0.2) is 22.4 Å². The highest BCUT2D eigenvalue weighted by Gasteiger charge is 2.06. The van der Waals surface area contributed by atoms with Crippen LogP contribution >= 0.6 is 46.6 Å². The molecule has 0 bridgehead atoms. The summed E-state index contributed by atoms with van der Waals surface area (Å²) in [6.07, 6.45) is 0. The van der Waals surface area contributed by atoms with Crippen LogP contribution in [0.4, 0.5) is 0 Å². The second-order valence-corrected chi connectivity index (χ2v) is 5.13. The first-order valence-corrected chi connectivity index (χ1v) is 6.06. The SMILES string of the molecule is COc1cc(S)c2scc(I)c2c1. The summed E-state index contributed by atoms with van der Waals surface area (Å²) >= 11 is 8.46. The molecule has 68 valence electrons. The minimum absolute atomic E-state index is 0.869. The first-order valence-electron chi connectivity index (χ1n) is 3.66. The van der Waals surface area contributed by atoms with Crippen molar-refractivity contribution in [2.45, 2.75) is 4.90 Å². The Morgan fingerprint density at radius 2 is 2.23 bits per heavy atom. The van der Waals surface area contributed by atoms with Crippen molar-refractivity contribution in [3.8, 4) is 5.75 Å². The molecule has 0 fully saturated rings. The van der Waals surface area contributed by atoms with Gasteiger partial charge in [-0.15, -0.1) is 24.0 Å². The van der Waals surface area contributed by atoms with E-state index in [0.29, 0.717) is 0 Å². The fourth-order valence-corrected chi connectivity index (χ4v) is 3.40. The summed E-state index contributed by atoms with van der Waals surface area (Å²) in [5, 5.41) is 3.36. The van der Waals surface area contributed by atoms with E-state index in [1.165, 1.54) is 13.7 Å². The first-order chi connectivity index (χ1) is 6.22. The molecule has 0 N–H and O–H groups in total. The van der Waals surface area contributed by atoms with Gasteiger partial charge in [-0.25, -0.2) is 0 Å². The molecule has 2 aromatic rings. The molecule has 0 saturated carbocycles. The number of halogens is 1. The molecule has 2 rings (SSSR count). The van der Waals surface area contributed by atoms with Crippen molar-refractivity contribution in [1.82, 2.24) is 0 Å². The number of thiol groups is 1. The van der Waals surface area contributed by atoms with Gasteiger partial charge >= 0.3 is 0 Å². The molecular weight excluding hydrogens is 315 g/mol. The minimum Gasteiger partial charge on any atom is -0.497 e. The lowest BCUT2D eigenvalue weighted by Gasteiger charge is -2.01. The van der Waals surface area contributed by atoms with Crippen LogP contribution in [0.25, 0.3) is 10.1 Å². The van der Waals surface area contributed by atoms with Gasteiger partial charge in [0.15, 0.2) is 0 Å². The minimum atomic E-state index is 0.869. The molecule has 0 aliphatic heterocycles. The molecule has 0 saturated heterocycles. The monoisotopic (exact) mass is 322 g/mol. The number of fused-ring (bicyclic) bond motifs is 1. The molecule has 1 aromatic heterocycles. The van der Waals surface area contributed by atoms with Crippen molar-refractivity contribution in [3.63, 3.8) is 0 Å². The lowest BCUT2D eigenvalue weighted by molar-refractivity contribution is 0.414. The van der Waals surface area contributed by atoms with Gasteiger partial charge in [0.05, 0.1) is 7.11 Å². The Bertz CT molecular complexity index is 450. The predicted molar refractivity (Wildman–Crippen MR) is 68.3 cm³/mol. The van der Waals surface area contributed by atoms with Crippen LogP contribution < -0.4 is 4.74 Å². The maximum absolute atomic E-state index is 5.18. The van der Waals surface area contributed by atoms with Crippen LogP contribution in [0.2, 0.25) is 0 Å². The van der Waals surface area contributed by atoms with E-state index in [9.17, 15) is 0 Å². The van der Waals surface area contributed by atoms with Gasteiger partial charge in [0, 0.05) is 23.9 Å². The number of ether oxygens (including phenoxy) is 1. The van der Waals surface area contributed by atoms with Crippen LogP contribution in [-0.4, -0.2) is 7.11 Å². The average Bonchev–Trinajstić information content (AvgIpc) is 2.48. The smallest absolute Gasteiger partial charge is 0.120 e. The third-order valence-corrected chi connectivity index (χ3v) is 4.66. The standard InChI is InChI=1S/C9H7IOS2/c1-11-5-2-6-7(10)4-13-9(6)8(12)3-5/h2-4,12H,1H3. The Balaban J connectivity index is 2.80. The summed E-state index contributed by atoms with van der Waals surface area (Å²) in [6.45, 7) is 0. The third-order valence-electron chi connectivity index (χ3n) is 1.82. The van der Waals surface area contributed by atoms with Crippen molar-refractivity contribution < 1.29 is 4.74 Å². The summed E-state index contributed by atoms with van der Waals surface area (Å²) in [4.78, 5) is 0.988. The molecule has 0 amide bonds. The van der Waals surface area contributed by atoms with Gasteiger partial charge in [0.1, 0.15) is 5.75 Å². The predicted octanol–water partition coefficient (Wildman–Crippen LogP) is 3.80. The number of thiophene rings is 1. The van der Waals surface area contributed by atoms with Gasteiger partial charge in [-0.2, -0.15) is 0 Å². The van der Waals surface area contributed by atoms with Gasteiger partial charge in [0.2, 0.25) is 0 Å². The normalized spacial score (nSPS) is 10.7. The molecule has 1 aromatic carbocycles. The zero-order valence-electron chi connectivity index (χ0n) is 6.87. The Labute approximate surface area is 99.6 Å². The fourth-order valence-electron chi connectivity index (χ4n) is 1.18. The van der Waals surface area contributed by atoms with E-state index in [1.54, 1.807) is 18.4 Å². The lowest BCUT2D eigenvalue weighted by atomic mass is 10.2. The van der Waals surface area contributed by atoms with E-state index in [2.05, 4.69) is 40.6 Å². The Kier molecular flexibility index (Phi) is 2.71. The van der Waals surface area contributed by atoms with E-state index < -0.39 is 0 Å². The molecular formula is C9H7IOS2. The van der Waals surface area contributed by atoms with Gasteiger partial charge in [-0.1, -0.05) is 0 Å². The molecule has 0 atom stereocenters. The number of benzene rings is 1. The van der Waals surface area contributed by atoms with Crippen molar-refractivity contribution >= 4 is 56.6 Å². The van der Waals surface area contributed by atoms with Crippen LogP contribution in [0.1, 0.15) is 0 Å². The molecule has 0 radical (unpaired) electrons. The topological polar surface area (TPSA) is 9.23 Å². The van der Waals surface area contributed by atoms with E-state index in [4.69, 9.17) is 4.74 Å². The van der Waals surface area contributed by atoms with Crippen molar-refractivity contribution in [3.05, 3.63) is 21.1 Å². The van der Waals surface area contributed by atoms with E-state index in [1.807, 2.05) is 12.1 Å². The summed E-state index contributed by atoms with van der Waals surface area (Å²) in [7, 11) is 1.67. The first kappa shape index (κ1) is 9.61.